The van der Waals surface area contributed by atoms with Gasteiger partial charge in [0.25, 0.3) is 11.8 Å². The van der Waals surface area contributed by atoms with Gasteiger partial charge in [-0.3, -0.25) is 14.4 Å². The van der Waals surface area contributed by atoms with E-state index < -0.39 is 41.6 Å². The first-order valence-corrected chi connectivity index (χ1v) is 8.30. The lowest BCUT2D eigenvalue weighted by Crippen LogP contribution is -2.39. The summed E-state index contributed by atoms with van der Waals surface area (Å²) in [6, 6.07) is 0. The van der Waals surface area contributed by atoms with Crippen LogP contribution in [0.2, 0.25) is 0 Å². The smallest absolute Gasteiger partial charge is 0.407 e. The van der Waals surface area contributed by atoms with E-state index in [1.54, 1.807) is 20.8 Å². The molecular weight excluding hydrogens is 360 g/mol. The third kappa shape index (κ3) is 7.47. The number of hydroxylamine groups is 2. The van der Waals surface area contributed by atoms with E-state index in [4.69, 9.17) is 14.3 Å². The molecule has 1 rings (SSSR count). The van der Waals surface area contributed by atoms with Crippen LogP contribution in [0.5, 0.6) is 0 Å². The molecule has 0 radical (unpaired) electrons. The average molecular weight is 384 g/mol. The molecule has 0 aromatic heterocycles. The molecule has 1 aliphatic rings. The Kier molecular flexibility index (Phi) is 7.50. The molecular formula is C17H24N2O8. The Morgan fingerprint density at radius 3 is 2.22 bits per heavy atom. The largest absolute Gasteiger partial charge is 0.446 e. The molecule has 0 spiro atoms. The highest BCUT2D eigenvalue weighted by Gasteiger charge is 2.36. The predicted molar refractivity (Wildman–Crippen MR) is 90.7 cm³/mol. The topological polar surface area (TPSA) is 128 Å². The van der Waals surface area contributed by atoms with Gasteiger partial charge in [-0.1, -0.05) is 6.58 Å². The molecule has 1 fully saturated rings. The number of hydrogen-bond acceptors (Lipinski definition) is 8. The number of imide groups is 1. The van der Waals surface area contributed by atoms with E-state index in [-0.39, 0.29) is 31.4 Å². The van der Waals surface area contributed by atoms with Gasteiger partial charge in [0.05, 0.1) is 6.42 Å². The molecule has 0 saturated carbocycles. The quantitative estimate of drug-likeness (QED) is 0.391. The number of esters is 1. The van der Waals surface area contributed by atoms with E-state index in [9.17, 15) is 24.0 Å². The SMILES string of the molecule is C=C(C)[C@H](OC(=O)CCNC(=O)OC(C)(C)C)C(=O)ON1C(=O)CCC1=O. The Morgan fingerprint density at radius 2 is 1.74 bits per heavy atom. The minimum Gasteiger partial charge on any atom is -0.446 e. The van der Waals surface area contributed by atoms with Crippen LogP contribution < -0.4 is 5.32 Å². The molecule has 0 bridgehead atoms. The van der Waals surface area contributed by atoms with Crippen molar-refractivity contribution in [2.45, 2.75) is 58.7 Å². The summed E-state index contributed by atoms with van der Waals surface area (Å²) in [5, 5.41) is 2.73. The highest BCUT2D eigenvalue weighted by Crippen LogP contribution is 2.15. The number of amides is 3. The highest BCUT2D eigenvalue weighted by atomic mass is 16.7. The second kappa shape index (κ2) is 9.15. The first kappa shape index (κ1) is 22.1. The van der Waals surface area contributed by atoms with Gasteiger partial charge in [-0.05, 0) is 33.3 Å². The van der Waals surface area contributed by atoms with Gasteiger partial charge in [0.1, 0.15) is 5.60 Å². The summed E-state index contributed by atoms with van der Waals surface area (Å²) >= 11 is 0. The molecule has 10 heteroatoms. The minimum absolute atomic E-state index is 0.0556. The van der Waals surface area contributed by atoms with Crippen LogP contribution in [0.15, 0.2) is 12.2 Å². The van der Waals surface area contributed by atoms with E-state index in [0.717, 1.165) is 0 Å². The van der Waals surface area contributed by atoms with Gasteiger partial charge < -0.3 is 19.6 Å². The van der Waals surface area contributed by atoms with Crippen molar-refractivity contribution in [2.24, 2.45) is 0 Å². The van der Waals surface area contributed by atoms with Gasteiger partial charge >= 0.3 is 18.0 Å². The van der Waals surface area contributed by atoms with Crippen molar-refractivity contribution in [1.29, 1.82) is 0 Å². The summed E-state index contributed by atoms with van der Waals surface area (Å²) < 4.78 is 9.99. The van der Waals surface area contributed by atoms with Gasteiger partial charge in [0.15, 0.2) is 0 Å². The summed E-state index contributed by atoms with van der Waals surface area (Å²) in [7, 11) is 0. The van der Waals surface area contributed by atoms with Crippen molar-refractivity contribution < 1.29 is 38.3 Å². The molecule has 3 amide bonds. The summed E-state index contributed by atoms with van der Waals surface area (Å²) in [6.45, 7) is 9.97. The summed E-state index contributed by atoms with van der Waals surface area (Å²) in [6.07, 6.45) is -2.53. The minimum atomic E-state index is -1.49. The zero-order chi connectivity index (χ0) is 20.8. The number of carbonyl (C=O) groups excluding carboxylic acids is 5. The fourth-order valence-electron chi connectivity index (χ4n) is 1.92. The van der Waals surface area contributed by atoms with Crippen molar-refractivity contribution in [2.75, 3.05) is 6.54 Å². The maximum atomic E-state index is 12.1. The van der Waals surface area contributed by atoms with E-state index in [2.05, 4.69) is 11.9 Å². The molecule has 1 aliphatic heterocycles. The first-order valence-electron chi connectivity index (χ1n) is 8.30. The molecule has 1 heterocycles. The van der Waals surface area contributed by atoms with Crippen molar-refractivity contribution in [1.82, 2.24) is 10.4 Å². The highest BCUT2D eigenvalue weighted by molar-refractivity contribution is 6.02. The van der Waals surface area contributed by atoms with Gasteiger partial charge in [-0.15, -0.1) is 5.06 Å². The molecule has 1 N–H and O–H groups in total. The molecule has 1 saturated heterocycles. The standard InChI is InChI=1S/C17H24N2O8/c1-10(2)14(15(23)27-19-11(20)6-7-12(19)21)25-13(22)8-9-18-16(24)26-17(3,4)5/h14H,1,6-9H2,2-5H3,(H,18,24)/t14-/m0/s1. The molecule has 0 aliphatic carbocycles. The van der Waals surface area contributed by atoms with Crippen molar-refractivity contribution >= 4 is 29.8 Å². The van der Waals surface area contributed by atoms with Crippen LogP contribution in [-0.2, 0) is 33.5 Å². The Morgan fingerprint density at radius 1 is 1.19 bits per heavy atom. The number of carbonyl (C=O) groups is 5. The van der Waals surface area contributed by atoms with Crippen LogP contribution in [0.1, 0.15) is 47.0 Å². The third-order valence-corrected chi connectivity index (χ3v) is 3.10. The molecule has 0 aromatic rings. The lowest BCUT2D eigenvalue weighted by Gasteiger charge is -2.20. The fourth-order valence-corrected chi connectivity index (χ4v) is 1.92. The van der Waals surface area contributed by atoms with E-state index >= 15 is 0 Å². The van der Waals surface area contributed by atoms with Crippen molar-refractivity contribution in [3.8, 4) is 0 Å². The second-order valence-corrected chi connectivity index (χ2v) is 6.89. The molecule has 27 heavy (non-hydrogen) atoms. The number of ether oxygens (including phenoxy) is 2. The third-order valence-electron chi connectivity index (χ3n) is 3.10. The normalized spacial score (nSPS) is 15.2. The first-order chi connectivity index (χ1) is 12.4. The number of rotatable bonds is 7. The van der Waals surface area contributed by atoms with Crippen LogP contribution in [0, 0.1) is 0 Å². The molecule has 150 valence electrons. The maximum absolute atomic E-state index is 12.1. The lowest BCUT2D eigenvalue weighted by molar-refractivity contribution is -0.204. The van der Waals surface area contributed by atoms with Crippen LogP contribution >= 0.6 is 0 Å². The van der Waals surface area contributed by atoms with Crippen molar-refractivity contribution in [3.05, 3.63) is 12.2 Å². The lowest BCUT2D eigenvalue weighted by atomic mass is 10.2. The number of nitrogens with zero attached hydrogens (tertiary/aromatic N) is 1. The molecule has 0 aromatic carbocycles. The van der Waals surface area contributed by atoms with Crippen LogP contribution in [-0.4, -0.2) is 53.2 Å². The molecule has 0 unspecified atom stereocenters. The van der Waals surface area contributed by atoms with Crippen LogP contribution in [0.4, 0.5) is 4.79 Å². The van der Waals surface area contributed by atoms with Crippen LogP contribution in [0.3, 0.4) is 0 Å². The number of alkyl carbamates (subject to hydrolysis) is 1. The van der Waals surface area contributed by atoms with E-state index in [1.165, 1.54) is 6.92 Å². The summed E-state index contributed by atoms with van der Waals surface area (Å²) in [5.74, 6) is -3.22. The Bertz CT molecular complexity index is 634. The zero-order valence-electron chi connectivity index (χ0n) is 15.8. The summed E-state index contributed by atoms with van der Waals surface area (Å²) in [5.41, 5.74) is -0.531. The Hall–Kier alpha value is -2.91. The van der Waals surface area contributed by atoms with Gasteiger partial charge in [0.2, 0.25) is 6.10 Å². The maximum Gasteiger partial charge on any atom is 0.407 e. The monoisotopic (exact) mass is 384 g/mol. The molecule has 10 nitrogen and oxygen atoms in total. The number of hydrogen-bond donors (Lipinski definition) is 1. The Balaban J connectivity index is 2.51. The summed E-state index contributed by atoms with van der Waals surface area (Å²) in [4.78, 5) is 63.2. The van der Waals surface area contributed by atoms with Crippen LogP contribution in [0.25, 0.3) is 0 Å². The molecule has 1 atom stereocenters. The van der Waals surface area contributed by atoms with E-state index in [1.807, 2.05) is 0 Å². The van der Waals surface area contributed by atoms with Gasteiger partial charge in [0, 0.05) is 19.4 Å². The predicted octanol–water partition coefficient (Wildman–Crippen LogP) is 0.996. The number of nitrogens with one attached hydrogen (secondary N) is 1. The van der Waals surface area contributed by atoms with E-state index in [0.29, 0.717) is 5.06 Å². The second-order valence-electron chi connectivity index (χ2n) is 6.89. The average Bonchev–Trinajstić information content (AvgIpc) is 2.82. The van der Waals surface area contributed by atoms with Gasteiger partial charge in [-0.25, -0.2) is 9.59 Å². The van der Waals surface area contributed by atoms with Gasteiger partial charge in [-0.2, -0.15) is 0 Å². The van der Waals surface area contributed by atoms with Crippen molar-refractivity contribution in [3.63, 3.8) is 0 Å². The Labute approximate surface area is 156 Å². The fraction of sp³-hybridized carbons (Fsp3) is 0.588. The zero-order valence-corrected chi connectivity index (χ0v) is 15.8.